The van der Waals surface area contributed by atoms with Crippen LogP contribution < -0.4 is 5.32 Å². The molecule has 2 rings (SSSR count). The van der Waals surface area contributed by atoms with Gasteiger partial charge in [-0.15, -0.1) is 24.0 Å². The van der Waals surface area contributed by atoms with E-state index in [1.54, 1.807) is 0 Å². The Labute approximate surface area is 152 Å². The molecule has 0 aliphatic carbocycles. The van der Waals surface area contributed by atoms with Crippen molar-refractivity contribution >= 4 is 29.9 Å². The fourth-order valence-corrected chi connectivity index (χ4v) is 3.07. The first-order valence-electron chi connectivity index (χ1n) is 8.54. The van der Waals surface area contributed by atoms with Crippen molar-refractivity contribution in [2.75, 3.05) is 39.9 Å². The summed E-state index contributed by atoms with van der Waals surface area (Å²) in [4.78, 5) is 6.74. The highest BCUT2D eigenvalue weighted by molar-refractivity contribution is 14.0. The van der Waals surface area contributed by atoms with Crippen LogP contribution in [-0.2, 0) is 9.47 Å². The normalized spacial score (nSPS) is 25.9. The summed E-state index contributed by atoms with van der Waals surface area (Å²) < 4.78 is 11.7. The zero-order valence-electron chi connectivity index (χ0n) is 14.1. The average Bonchev–Trinajstić information content (AvgIpc) is 3.05. The second-order valence-corrected chi connectivity index (χ2v) is 5.94. The summed E-state index contributed by atoms with van der Waals surface area (Å²) in [6.07, 6.45) is 7.86. The predicted octanol–water partition coefficient (Wildman–Crippen LogP) is 2.64. The highest BCUT2D eigenvalue weighted by Gasteiger charge is 2.32. The number of rotatable bonds is 6. The van der Waals surface area contributed by atoms with E-state index in [2.05, 4.69) is 22.1 Å². The van der Waals surface area contributed by atoms with E-state index in [0.29, 0.717) is 0 Å². The van der Waals surface area contributed by atoms with E-state index >= 15 is 0 Å². The van der Waals surface area contributed by atoms with E-state index in [0.717, 1.165) is 51.6 Å². The molecule has 5 nitrogen and oxygen atoms in total. The molecule has 2 aliphatic rings. The molecule has 22 heavy (non-hydrogen) atoms. The molecule has 0 aromatic rings. The van der Waals surface area contributed by atoms with Crippen molar-refractivity contribution in [1.82, 2.24) is 10.2 Å². The van der Waals surface area contributed by atoms with E-state index in [4.69, 9.17) is 9.47 Å². The van der Waals surface area contributed by atoms with Gasteiger partial charge >= 0.3 is 0 Å². The molecule has 2 atom stereocenters. The molecule has 0 bridgehead atoms. The lowest BCUT2D eigenvalue weighted by molar-refractivity contribution is -0.0816. The summed E-state index contributed by atoms with van der Waals surface area (Å²) in [5, 5.41) is 3.49. The standard InChI is InChI=1S/C16H31N3O2.HI/c1-3-4-5-6-9-18-16(17-2)19-10-12-21-15(13-19)14-8-7-11-20-14;/h14-15H,3-13H2,1-2H3,(H,17,18);1H. The predicted molar refractivity (Wildman–Crippen MR) is 101 cm³/mol. The molecule has 2 saturated heterocycles. The van der Waals surface area contributed by atoms with Crippen molar-refractivity contribution in [2.45, 2.75) is 57.7 Å². The van der Waals surface area contributed by atoms with Crippen molar-refractivity contribution in [1.29, 1.82) is 0 Å². The maximum atomic E-state index is 5.89. The number of guanidine groups is 1. The monoisotopic (exact) mass is 425 g/mol. The van der Waals surface area contributed by atoms with Crippen LogP contribution in [0, 0.1) is 0 Å². The number of ether oxygens (including phenoxy) is 2. The minimum Gasteiger partial charge on any atom is -0.375 e. The zero-order valence-corrected chi connectivity index (χ0v) is 16.4. The molecule has 2 unspecified atom stereocenters. The summed E-state index contributed by atoms with van der Waals surface area (Å²) in [6, 6.07) is 0. The average molecular weight is 425 g/mol. The van der Waals surface area contributed by atoms with Gasteiger partial charge in [0.15, 0.2) is 5.96 Å². The largest absolute Gasteiger partial charge is 0.375 e. The number of hydrogen-bond acceptors (Lipinski definition) is 3. The van der Waals surface area contributed by atoms with Gasteiger partial charge in [0.1, 0.15) is 6.10 Å². The highest BCUT2D eigenvalue weighted by atomic mass is 127. The van der Waals surface area contributed by atoms with Crippen molar-refractivity contribution in [2.24, 2.45) is 4.99 Å². The lowest BCUT2D eigenvalue weighted by Gasteiger charge is -2.37. The molecule has 2 aliphatic heterocycles. The van der Waals surface area contributed by atoms with Crippen molar-refractivity contribution < 1.29 is 9.47 Å². The van der Waals surface area contributed by atoms with Crippen molar-refractivity contribution in [3.05, 3.63) is 0 Å². The Balaban J connectivity index is 0.00000242. The van der Waals surface area contributed by atoms with Gasteiger partial charge in [-0.1, -0.05) is 26.2 Å². The van der Waals surface area contributed by atoms with Crippen LogP contribution in [0.4, 0.5) is 0 Å². The maximum absolute atomic E-state index is 5.89. The SMILES string of the molecule is CCCCCCNC(=NC)N1CCOC(C2CCCO2)C1.I. The highest BCUT2D eigenvalue weighted by Crippen LogP contribution is 2.20. The van der Waals surface area contributed by atoms with Crippen LogP contribution in [0.25, 0.3) is 0 Å². The molecular formula is C16H32IN3O2. The molecule has 0 aromatic carbocycles. The van der Waals surface area contributed by atoms with Crippen LogP contribution in [0.5, 0.6) is 0 Å². The Morgan fingerprint density at radius 2 is 2.00 bits per heavy atom. The number of aliphatic imine (C=N–C) groups is 1. The van der Waals surface area contributed by atoms with Gasteiger partial charge in [-0.05, 0) is 19.3 Å². The van der Waals surface area contributed by atoms with Gasteiger partial charge in [-0.2, -0.15) is 0 Å². The number of unbranched alkanes of at least 4 members (excludes halogenated alkanes) is 3. The van der Waals surface area contributed by atoms with Crippen LogP contribution in [0.15, 0.2) is 4.99 Å². The van der Waals surface area contributed by atoms with Gasteiger partial charge in [-0.25, -0.2) is 0 Å². The lowest BCUT2D eigenvalue weighted by atomic mass is 10.1. The first-order valence-corrected chi connectivity index (χ1v) is 8.54. The fraction of sp³-hybridized carbons (Fsp3) is 0.938. The Bertz CT molecular complexity index is 323. The van der Waals surface area contributed by atoms with Gasteiger partial charge in [0.2, 0.25) is 0 Å². The summed E-state index contributed by atoms with van der Waals surface area (Å²) in [7, 11) is 1.87. The number of morpholine rings is 1. The molecule has 6 heteroatoms. The molecule has 1 N–H and O–H groups in total. The van der Waals surface area contributed by atoms with Crippen molar-refractivity contribution in [3.8, 4) is 0 Å². The Hall–Kier alpha value is -0.0800. The number of nitrogens with one attached hydrogen (secondary N) is 1. The zero-order chi connectivity index (χ0) is 14.9. The quantitative estimate of drug-likeness (QED) is 0.308. The first kappa shape index (κ1) is 20.0. The van der Waals surface area contributed by atoms with Gasteiger partial charge in [0, 0.05) is 33.3 Å². The van der Waals surface area contributed by atoms with E-state index in [1.165, 1.54) is 25.7 Å². The molecule has 0 saturated carbocycles. The second-order valence-electron chi connectivity index (χ2n) is 5.94. The molecule has 0 aromatic heterocycles. The van der Waals surface area contributed by atoms with Crippen LogP contribution >= 0.6 is 24.0 Å². The van der Waals surface area contributed by atoms with Gasteiger partial charge < -0.3 is 19.7 Å². The molecule has 0 amide bonds. The molecule has 0 spiro atoms. The second kappa shape index (κ2) is 11.5. The summed E-state index contributed by atoms with van der Waals surface area (Å²) in [5.41, 5.74) is 0. The molecule has 2 fully saturated rings. The summed E-state index contributed by atoms with van der Waals surface area (Å²) in [6.45, 7) is 6.70. The Morgan fingerprint density at radius 1 is 1.18 bits per heavy atom. The third kappa shape index (κ3) is 6.20. The summed E-state index contributed by atoms with van der Waals surface area (Å²) in [5.74, 6) is 1.01. The van der Waals surface area contributed by atoms with Gasteiger partial charge in [0.05, 0.1) is 12.7 Å². The maximum Gasteiger partial charge on any atom is 0.193 e. The summed E-state index contributed by atoms with van der Waals surface area (Å²) >= 11 is 0. The number of halogens is 1. The first-order chi connectivity index (χ1) is 10.3. The van der Waals surface area contributed by atoms with Crippen LogP contribution in [0.2, 0.25) is 0 Å². The Morgan fingerprint density at radius 3 is 2.68 bits per heavy atom. The van der Waals surface area contributed by atoms with Crippen molar-refractivity contribution in [3.63, 3.8) is 0 Å². The third-order valence-electron chi connectivity index (χ3n) is 4.30. The van der Waals surface area contributed by atoms with E-state index in [-0.39, 0.29) is 36.2 Å². The topological polar surface area (TPSA) is 46.1 Å². The lowest BCUT2D eigenvalue weighted by Crippen LogP contribution is -2.53. The number of hydrogen-bond donors (Lipinski definition) is 1. The smallest absolute Gasteiger partial charge is 0.193 e. The number of nitrogens with zero attached hydrogens (tertiary/aromatic N) is 2. The van der Waals surface area contributed by atoms with Gasteiger partial charge in [-0.3, -0.25) is 4.99 Å². The molecule has 0 radical (unpaired) electrons. The minimum atomic E-state index is 0. The molecule has 2 heterocycles. The van der Waals surface area contributed by atoms with Gasteiger partial charge in [0.25, 0.3) is 0 Å². The third-order valence-corrected chi connectivity index (χ3v) is 4.30. The van der Waals surface area contributed by atoms with Crippen LogP contribution in [0.1, 0.15) is 45.4 Å². The molecular weight excluding hydrogens is 393 g/mol. The molecule has 130 valence electrons. The minimum absolute atomic E-state index is 0. The van der Waals surface area contributed by atoms with E-state index < -0.39 is 0 Å². The van der Waals surface area contributed by atoms with Crippen LogP contribution in [0.3, 0.4) is 0 Å². The fourth-order valence-electron chi connectivity index (χ4n) is 3.07. The van der Waals surface area contributed by atoms with E-state index in [1.807, 2.05) is 7.05 Å². The van der Waals surface area contributed by atoms with E-state index in [9.17, 15) is 0 Å². The Kier molecular flexibility index (Phi) is 10.4. The van der Waals surface area contributed by atoms with Crippen LogP contribution in [-0.4, -0.2) is 63.0 Å².